The number of aromatic nitrogens is 1. The van der Waals surface area contributed by atoms with Crippen molar-refractivity contribution in [2.75, 3.05) is 18.4 Å². The predicted octanol–water partition coefficient (Wildman–Crippen LogP) is 4.27. The molecule has 0 radical (unpaired) electrons. The van der Waals surface area contributed by atoms with Crippen LogP contribution in [0.3, 0.4) is 0 Å². The van der Waals surface area contributed by atoms with Crippen LogP contribution in [0.4, 0.5) is 10.1 Å². The standard InChI is InChI=1S/C21H22FN3O3S/c22-20-10-3-2-9-19(20)21-24-17(15-28-21)14-23-16-7-6-8-18(13-16)29(26,27)25-11-4-1-5-12-25/h2-3,6-10,13,15,23H,1,4-5,11-12,14H2. The number of anilines is 1. The molecule has 1 saturated heterocycles. The molecule has 152 valence electrons. The number of piperidine rings is 1. The number of hydrogen-bond acceptors (Lipinski definition) is 5. The van der Waals surface area contributed by atoms with Crippen molar-refractivity contribution in [2.45, 2.75) is 30.7 Å². The molecule has 2 heterocycles. The average Bonchev–Trinajstić information content (AvgIpc) is 3.22. The fourth-order valence-electron chi connectivity index (χ4n) is 3.36. The fraction of sp³-hybridized carbons (Fsp3) is 0.286. The Bertz CT molecular complexity index is 1090. The molecule has 0 unspecified atom stereocenters. The highest BCUT2D eigenvalue weighted by Crippen LogP contribution is 2.24. The molecule has 0 spiro atoms. The van der Waals surface area contributed by atoms with E-state index in [4.69, 9.17) is 4.42 Å². The van der Waals surface area contributed by atoms with E-state index in [9.17, 15) is 12.8 Å². The van der Waals surface area contributed by atoms with Crippen LogP contribution in [0.25, 0.3) is 11.5 Å². The molecule has 0 aliphatic carbocycles. The zero-order valence-corrected chi connectivity index (χ0v) is 16.7. The van der Waals surface area contributed by atoms with Gasteiger partial charge in [0.05, 0.1) is 22.7 Å². The summed E-state index contributed by atoms with van der Waals surface area (Å²) in [4.78, 5) is 4.58. The predicted molar refractivity (Wildman–Crippen MR) is 108 cm³/mol. The minimum absolute atomic E-state index is 0.210. The molecular weight excluding hydrogens is 393 g/mol. The topological polar surface area (TPSA) is 75.4 Å². The lowest BCUT2D eigenvalue weighted by atomic mass is 10.2. The summed E-state index contributed by atoms with van der Waals surface area (Å²) in [5, 5.41) is 3.16. The highest BCUT2D eigenvalue weighted by molar-refractivity contribution is 7.89. The maximum atomic E-state index is 13.9. The molecule has 0 atom stereocenters. The third kappa shape index (κ3) is 4.33. The van der Waals surface area contributed by atoms with Gasteiger partial charge < -0.3 is 9.73 Å². The van der Waals surface area contributed by atoms with Crippen LogP contribution < -0.4 is 5.32 Å². The summed E-state index contributed by atoms with van der Waals surface area (Å²) in [5.74, 6) is -0.189. The third-order valence-corrected chi connectivity index (χ3v) is 6.81. The van der Waals surface area contributed by atoms with Gasteiger partial charge in [-0.25, -0.2) is 17.8 Å². The van der Waals surface area contributed by atoms with Crippen molar-refractivity contribution in [3.63, 3.8) is 0 Å². The molecule has 1 fully saturated rings. The number of hydrogen-bond donors (Lipinski definition) is 1. The van der Waals surface area contributed by atoms with E-state index in [1.165, 1.54) is 12.3 Å². The van der Waals surface area contributed by atoms with Crippen molar-refractivity contribution in [3.05, 3.63) is 66.3 Å². The number of nitrogens with zero attached hydrogens (tertiary/aromatic N) is 2. The maximum absolute atomic E-state index is 13.9. The molecule has 3 aromatic rings. The second kappa shape index (κ2) is 8.34. The van der Waals surface area contributed by atoms with E-state index in [-0.39, 0.29) is 10.8 Å². The van der Waals surface area contributed by atoms with Crippen LogP contribution in [0, 0.1) is 5.82 Å². The molecule has 1 aliphatic heterocycles. The van der Waals surface area contributed by atoms with E-state index < -0.39 is 15.8 Å². The Morgan fingerprint density at radius 1 is 1.07 bits per heavy atom. The highest BCUT2D eigenvalue weighted by Gasteiger charge is 2.26. The first-order chi connectivity index (χ1) is 14.0. The van der Waals surface area contributed by atoms with Gasteiger partial charge in [0.15, 0.2) is 0 Å². The number of sulfonamides is 1. The first-order valence-corrected chi connectivity index (χ1v) is 11.0. The molecule has 1 aromatic heterocycles. The van der Waals surface area contributed by atoms with Crippen LogP contribution in [-0.2, 0) is 16.6 Å². The minimum atomic E-state index is -3.49. The van der Waals surface area contributed by atoms with Gasteiger partial charge in [-0.1, -0.05) is 24.6 Å². The lowest BCUT2D eigenvalue weighted by Crippen LogP contribution is -2.35. The van der Waals surface area contributed by atoms with Crippen LogP contribution in [0.15, 0.2) is 64.1 Å². The number of halogens is 1. The Labute approximate surface area is 169 Å². The molecule has 2 aromatic carbocycles. The average molecular weight is 415 g/mol. The van der Waals surface area contributed by atoms with Crippen molar-refractivity contribution in [1.29, 1.82) is 0 Å². The van der Waals surface area contributed by atoms with Crippen LogP contribution in [-0.4, -0.2) is 30.8 Å². The van der Waals surface area contributed by atoms with E-state index in [1.807, 2.05) is 0 Å². The molecule has 8 heteroatoms. The summed E-state index contributed by atoms with van der Waals surface area (Å²) >= 11 is 0. The smallest absolute Gasteiger partial charge is 0.243 e. The quantitative estimate of drug-likeness (QED) is 0.651. The molecule has 4 rings (SSSR count). The summed E-state index contributed by atoms with van der Waals surface area (Å²) in [5.41, 5.74) is 1.56. The lowest BCUT2D eigenvalue weighted by Gasteiger charge is -2.26. The normalized spacial score (nSPS) is 15.3. The molecule has 0 amide bonds. The summed E-state index contributed by atoms with van der Waals surface area (Å²) < 4.78 is 46.5. The summed E-state index contributed by atoms with van der Waals surface area (Å²) in [6.45, 7) is 1.46. The SMILES string of the molecule is O=S(=O)(c1cccc(NCc2coc(-c3ccccc3F)n2)c1)N1CCCCC1. The van der Waals surface area contributed by atoms with E-state index in [0.717, 1.165) is 19.3 Å². The first kappa shape index (κ1) is 19.6. The number of nitrogens with one attached hydrogen (secondary N) is 1. The second-order valence-electron chi connectivity index (χ2n) is 6.97. The van der Waals surface area contributed by atoms with Gasteiger partial charge in [0.2, 0.25) is 15.9 Å². The molecule has 1 aliphatic rings. The number of benzene rings is 2. The zero-order chi connectivity index (χ0) is 20.3. The van der Waals surface area contributed by atoms with E-state index in [0.29, 0.717) is 36.6 Å². The van der Waals surface area contributed by atoms with Crippen molar-refractivity contribution in [3.8, 4) is 11.5 Å². The summed E-state index contributed by atoms with van der Waals surface area (Å²) in [7, 11) is -3.49. The van der Waals surface area contributed by atoms with E-state index in [1.54, 1.807) is 46.8 Å². The van der Waals surface area contributed by atoms with Crippen molar-refractivity contribution in [1.82, 2.24) is 9.29 Å². The Kier molecular flexibility index (Phi) is 5.64. The molecule has 0 saturated carbocycles. The first-order valence-electron chi connectivity index (χ1n) is 9.57. The lowest BCUT2D eigenvalue weighted by molar-refractivity contribution is 0.346. The second-order valence-corrected chi connectivity index (χ2v) is 8.91. The van der Waals surface area contributed by atoms with Gasteiger partial charge in [-0.2, -0.15) is 4.31 Å². The van der Waals surface area contributed by atoms with Crippen LogP contribution >= 0.6 is 0 Å². The van der Waals surface area contributed by atoms with Gasteiger partial charge in [-0.05, 0) is 43.2 Å². The molecule has 1 N–H and O–H groups in total. The van der Waals surface area contributed by atoms with Crippen LogP contribution in [0.1, 0.15) is 25.0 Å². The van der Waals surface area contributed by atoms with Crippen LogP contribution in [0.5, 0.6) is 0 Å². The Balaban J connectivity index is 1.46. The minimum Gasteiger partial charge on any atom is -0.444 e. The van der Waals surface area contributed by atoms with E-state index in [2.05, 4.69) is 10.3 Å². The van der Waals surface area contributed by atoms with Gasteiger partial charge in [0, 0.05) is 18.8 Å². The Hall–Kier alpha value is -2.71. The molecule has 29 heavy (non-hydrogen) atoms. The highest BCUT2D eigenvalue weighted by atomic mass is 32.2. The molecular formula is C21H22FN3O3S. The van der Waals surface area contributed by atoms with E-state index >= 15 is 0 Å². The largest absolute Gasteiger partial charge is 0.444 e. The molecule has 6 nitrogen and oxygen atoms in total. The fourth-order valence-corrected chi connectivity index (χ4v) is 4.92. The number of oxazole rings is 1. The van der Waals surface area contributed by atoms with Crippen molar-refractivity contribution in [2.24, 2.45) is 0 Å². The monoisotopic (exact) mass is 415 g/mol. The van der Waals surface area contributed by atoms with Gasteiger partial charge >= 0.3 is 0 Å². The van der Waals surface area contributed by atoms with Crippen molar-refractivity contribution >= 4 is 15.7 Å². The van der Waals surface area contributed by atoms with Gasteiger partial charge in [-0.15, -0.1) is 0 Å². The Morgan fingerprint density at radius 2 is 1.86 bits per heavy atom. The number of rotatable bonds is 6. The van der Waals surface area contributed by atoms with Gasteiger partial charge in [0.25, 0.3) is 0 Å². The Morgan fingerprint density at radius 3 is 2.66 bits per heavy atom. The van der Waals surface area contributed by atoms with Crippen LogP contribution in [0.2, 0.25) is 0 Å². The molecule has 0 bridgehead atoms. The zero-order valence-electron chi connectivity index (χ0n) is 15.8. The van der Waals surface area contributed by atoms with Gasteiger partial charge in [-0.3, -0.25) is 0 Å². The van der Waals surface area contributed by atoms with Crippen molar-refractivity contribution < 1.29 is 17.2 Å². The third-order valence-electron chi connectivity index (χ3n) is 4.92. The summed E-state index contributed by atoms with van der Waals surface area (Å²) in [6.07, 6.45) is 4.32. The summed E-state index contributed by atoms with van der Waals surface area (Å²) in [6, 6.07) is 13.0. The van der Waals surface area contributed by atoms with Gasteiger partial charge in [0.1, 0.15) is 12.1 Å². The maximum Gasteiger partial charge on any atom is 0.243 e.